The normalized spacial score (nSPS) is 14.2. The minimum atomic E-state index is -0.000392. The fourth-order valence-electron chi connectivity index (χ4n) is 3.64. The number of nitrogens with one attached hydrogen (secondary N) is 2. The number of H-pyrrole nitrogens is 1. The van der Waals surface area contributed by atoms with Gasteiger partial charge in [-0.05, 0) is 41.8 Å². The van der Waals surface area contributed by atoms with Gasteiger partial charge in [0.1, 0.15) is 4.70 Å². The van der Waals surface area contributed by atoms with Gasteiger partial charge in [0.05, 0.1) is 0 Å². The van der Waals surface area contributed by atoms with Crippen LogP contribution < -0.4 is 10.9 Å². The quantitative estimate of drug-likeness (QED) is 0.552. The molecule has 0 radical (unpaired) electrons. The highest BCUT2D eigenvalue weighted by atomic mass is 32.1. The second kappa shape index (κ2) is 5.30. The van der Waals surface area contributed by atoms with E-state index in [0.29, 0.717) is 0 Å². The zero-order valence-electron chi connectivity index (χ0n) is 13.1. The van der Waals surface area contributed by atoms with Gasteiger partial charge in [-0.15, -0.1) is 11.3 Å². The van der Waals surface area contributed by atoms with E-state index in [9.17, 15) is 4.79 Å². The van der Waals surface area contributed by atoms with Gasteiger partial charge in [-0.1, -0.05) is 30.3 Å². The van der Waals surface area contributed by atoms with E-state index < -0.39 is 0 Å². The average molecular weight is 332 g/mol. The van der Waals surface area contributed by atoms with Crippen molar-refractivity contribution in [1.29, 1.82) is 0 Å². The summed E-state index contributed by atoms with van der Waals surface area (Å²) < 4.78 is 0.805. The molecule has 0 spiro atoms. The van der Waals surface area contributed by atoms with E-state index in [1.165, 1.54) is 28.0 Å². The molecule has 2 N–H and O–H groups in total. The molecule has 0 unspecified atom stereocenters. The predicted octanol–water partition coefficient (Wildman–Crippen LogP) is 4.06. The number of benzene rings is 2. The molecule has 5 rings (SSSR count). The van der Waals surface area contributed by atoms with Gasteiger partial charge < -0.3 is 10.3 Å². The van der Waals surface area contributed by atoms with Gasteiger partial charge >= 0.3 is 0 Å². The lowest BCUT2D eigenvalue weighted by Crippen LogP contribution is -2.23. The van der Waals surface area contributed by atoms with E-state index in [0.717, 1.165) is 46.1 Å². The lowest BCUT2D eigenvalue weighted by Gasteiger charge is -2.18. The van der Waals surface area contributed by atoms with Crippen molar-refractivity contribution in [2.75, 3.05) is 6.54 Å². The Balaban J connectivity index is 1.83. The zero-order valence-corrected chi connectivity index (χ0v) is 13.9. The minimum absolute atomic E-state index is 0.000392. The molecular formula is C20H16N2OS. The molecular weight excluding hydrogens is 316 g/mol. The van der Waals surface area contributed by atoms with Crippen LogP contribution in [0.1, 0.15) is 11.1 Å². The minimum Gasteiger partial charge on any atom is -0.321 e. The van der Waals surface area contributed by atoms with Gasteiger partial charge in [0, 0.05) is 33.8 Å². The number of thiophene rings is 1. The molecule has 0 saturated heterocycles. The van der Waals surface area contributed by atoms with Gasteiger partial charge in [0.15, 0.2) is 0 Å². The van der Waals surface area contributed by atoms with E-state index in [2.05, 4.69) is 39.9 Å². The molecule has 4 aromatic rings. The summed E-state index contributed by atoms with van der Waals surface area (Å²) in [4.78, 5) is 15.4. The van der Waals surface area contributed by atoms with Gasteiger partial charge in [0.2, 0.25) is 0 Å². The molecule has 0 atom stereocenters. The molecule has 118 valence electrons. The molecule has 3 nitrogen and oxygen atoms in total. The first-order chi connectivity index (χ1) is 11.8. The first-order valence-electron chi connectivity index (χ1n) is 8.16. The van der Waals surface area contributed by atoms with Crippen molar-refractivity contribution >= 4 is 32.3 Å². The summed E-state index contributed by atoms with van der Waals surface area (Å²) in [5, 5.41) is 7.74. The van der Waals surface area contributed by atoms with Crippen molar-refractivity contribution < 1.29 is 0 Å². The molecule has 4 heteroatoms. The SMILES string of the molecule is O=c1[nH]c2ccccc2c2c(-c3ccc4c(c3)CNCC4)csc12. The number of aromatic amines is 1. The lowest BCUT2D eigenvalue weighted by atomic mass is 9.95. The number of pyridine rings is 1. The van der Waals surface area contributed by atoms with E-state index >= 15 is 0 Å². The number of fused-ring (bicyclic) bond motifs is 4. The fourth-order valence-corrected chi connectivity index (χ4v) is 4.63. The lowest BCUT2D eigenvalue weighted by molar-refractivity contribution is 0.644. The molecule has 1 aliphatic rings. The highest BCUT2D eigenvalue weighted by Gasteiger charge is 2.15. The molecule has 3 heterocycles. The topological polar surface area (TPSA) is 44.9 Å². The Hall–Kier alpha value is -2.43. The number of aromatic nitrogens is 1. The highest BCUT2D eigenvalue weighted by molar-refractivity contribution is 7.17. The first-order valence-corrected chi connectivity index (χ1v) is 9.04. The summed E-state index contributed by atoms with van der Waals surface area (Å²) in [7, 11) is 0. The van der Waals surface area contributed by atoms with E-state index in [1.54, 1.807) is 0 Å². The molecule has 0 saturated carbocycles. The number of hydrogen-bond acceptors (Lipinski definition) is 3. The van der Waals surface area contributed by atoms with E-state index in [4.69, 9.17) is 0 Å². The summed E-state index contributed by atoms with van der Waals surface area (Å²) in [6.45, 7) is 1.97. The maximum absolute atomic E-state index is 12.4. The summed E-state index contributed by atoms with van der Waals surface area (Å²) in [5.41, 5.74) is 6.05. The standard InChI is InChI=1S/C20H16N2OS/c23-20-19-18(15-3-1-2-4-17(15)22-20)16(11-24-19)13-6-5-12-7-8-21-10-14(12)9-13/h1-6,9,11,21H,7-8,10H2,(H,22,23). The molecule has 1 aliphatic heterocycles. The Morgan fingerprint density at radius 3 is 2.92 bits per heavy atom. The number of para-hydroxylation sites is 1. The second-order valence-electron chi connectivity index (χ2n) is 6.26. The van der Waals surface area contributed by atoms with Crippen LogP contribution in [-0.2, 0) is 13.0 Å². The maximum atomic E-state index is 12.4. The Morgan fingerprint density at radius 1 is 1.04 bits per heavy atom. The second-order valence-corrected chi connectivity index (χ2v) is 7.14. The number of hydrogen-bond donors (Lipinski definition) is 2. The molecule has 0 fully saturated rings. The monoisotopic (exact) mass is 332 g/mol. The van der Waals surface area contributed by atoms with Crippen LogP contribution in [0.3, 0.4) is 0 Å². The molecule has 0 aliphatic carbocycles. The van der Waals surface area contributed by atoms with Crippen molar-refractivity contribution in [1.82, 2.24) is 10.3 Å². The molecule has 2 aromatic carbocycles. The fraction of sp³-hybridized carbons (Fsp3) is 0.150. The van der Waals surface area contributed by atoms with Gasteiger partial charge in [-0.2, -0.15) is 0 Å². The van der Waals surface area contributed by atoms with E-state index in [-0.39, 0.29) is 5.56 Å². The van der Waals surface area contributed by atoms with E-state index in [1.807, 2.05) is 18.2 Å². The summed E-state index contributed by atoms with van der Waals surface area (Å²) >= 11 is 1.53. The average Bonchev–Trinajstić information content (AvgIpc) is 3.07. The van der Waals surface area contributed by atoms with Crippen LogP contribution in [-0.4, -0.2) is 11.5 Å². The third-order valence-electron chi connectivity index (χ3n) is 4.85. The van der Waals surface area contributed by atoms with Crippen LogP contribution >= 0.6 is 11.3 Å². The Bertz CT molecular complexity index is 1140. The third kappa shape index (κ3) is 2.04. The summed E-state index contributed by atoms with van der Waals surface area (Å²) in [5.74, 6) is 0. The van der Waals surface area contributed by atoms with Crippen LogP contribution in [0, 0.1) is 0 Å². The molecule has 0 bridgehead atoms. The Labute approximate surface area is 143 Å². The largest absolute Gasteiger partial charge is 0.321 e. The van der Waals surface area contributed by atoms with Crippen molar-refractivity contribution in [3.05, 3.63) is 69.3 Å². The van der Waals surface area contributed by atoms with Crippen molar-refractivity contribution in [2.24, 2.45) is 0 Å². The van der Waals surface area contributed by atoms with Crippen LogP contribution in [0.4, 0.5) is 0 Å². The Kier molecular flexibility index (Phi) is 3.08. The van der Waals surface area contributed by atoms with Gasteiger partial charge in [-0.3, -0.25) is 4.79 Å². The zero-order chi connectivity index (χ0) is 16.1. The number of rotatable bonds is 1. The van der Waals surface area contributed by atoms with Crippen molar-refractivity contribution in [3.63, 3.8) is 0 Å². The predicted molar refractivity (Wildman–Crippen MR) is 101 cm³/mol. The Morgan fingerprint density at radius 2 is 1.96 bits per heavy atom. The highest BCUT2D eigenvalue weighted by Crippen LogP contribution is 2.37. The van der Waals surface area contributed by atoms with Gasteiger partial charge in [-0.25, -0.2) is 0 Å². The van der Waals surface area contributed by atoms with Crippen LogP contribution in [0.5, 0.6) is 0 Å². The smallest absolute Gasteiger partial charge is 0.266 e. The maximum Gasteiger partial charge on any atom is 0.266 e. The van der Waals surface area contributed by atoms with Crippen LogP contribution in [0.2, 0.25) is 0 Å². The van der Waals surface area contributed by atoms with Crippen molar-refractivity contribution in [2.45, 2.75) is 13.0 Å². The molecule has 0 amide bonds. The molecule has 2 aromatic heterocycles. The third-order valence-corrected chi connectivity index (χ3v) is 5.82. The van der Waals surface area contributed by atoms with Crippen molar-refractivity contribution in [3.8, 4) is 11.1 Å². The van der Waals surface area contributed by atoms with Gasteiger partial charge in [0.25, 0.3) is 5.56 Å². The van der Waals surface area contributed by atoms with Crippen LogP contribution in [0.25, 0.3) is 32.1 Å². The summed E-state index contributed by atoms with van der Waals surface area (Å²) in [6.07, 6.45) is 1.09. The summed E-state index contributed by atoms with van der Waals surface area (Å²) in [6, 6.07) is 14.8. The van der Waals surface area contributed by atoms with Crippen LogP contribution in [0.15, 0.2) is 52.6 Å². The molecule has 24 heavy (non-hydrogen) atoms. The first kappa shape index (κ1) is 14.0.